The second kappa shape index (κ2) is 36.9. The van der Waals surface area contributed by atoms with Crippen LogP contribution in [0.2, 0.25) is 0 Å². The Labute approximate surface area is 486 Å². The van der Waals surface area contributed by atoms with E-state index in [1.54, 1.807) is 44.2 Å². The van der Waals surface area contributed by atoms with Gasteiger partial charge in [-0.3, -0.25) is 9.59 Å². The molecule has 82 heavy (non-hydrogen) atoms. The van der Waals surface area contributed by atoms with Crippen LogP contribution in [0.15, 0.2) is 66.7 Å². The van der Waals surface area contributed by atoms with Gasteiger partial charge in [-0.1, -0.05) is 126 Å². The Balaban J connectivity index is 0. The van der Waals surface area contributed by atoms with Crippen molar-refractivity contribution in [2.75, 3.05) is 17.7 Å². The number of benzene rings is 3. The van der Waals surface area contributed by atoms with Gasteiger partial charge in [-0.05, 0) is 143 Å². The molecule has 21 nitrogen and oxygen atoms in total. The van der Waals surface area contributed by atoms with E-state index in [1.807, 2.05) is 85.7 Å². The van der Waals surface area contributed by atoms with E-state index in [1.165, 1.54) is 6.07 Å². The summed E-state index contributed by atoms with van der Waals surface area (Å²) in [6.45, 7) is 35.7. The predicted octanol–water partition coefficient (Wildman–Crippen LogP) is 10.1. The smallest absolute Gasteiger partial charge is 0.408 e. The van der Waals surface area contributed by atoms with E-state index in [-0.39, 0.29) is 82.7 Å². The lowest BCUT2D eigenvalue weighted by Gasteiger charge is -2.32. The van der Waals surface area contributed by atoms with E-state index >= 15 is 0 Å². The average Bonchev–Trinajstić information content (AvgIpc) is 3.34. The Kier molecular flexibility index (Phi) is 34.6. The molecule has 0 aliphatic heterocycles. The van der Waals surface area contributed by atoms with Crippen LogP contribution in [0.25, 0.3) is 0 Å². The number of alkyl carbamates (subject to hydrolysis) is 3. The van der Waals surface area contributed by atoms with Crippen LogP contribution in [-0.4, -0.2) is 100 Å². The molecule has 3 aromatic carbocycles. The van der Waals surface area contributed by atoms with E-state index in [0.29, 0.717) is 30.9 Å². The number of rotatable bonds is 19. The summed E-state index contributed by atoms with van der Waals surface area (Å²) < 4.78 is 16.2. The molecule has 0 spiro atoms. The molecule has 460 valence electrons. The lowest BCUT2D eigenvalue weighted by atomic mass is 9.78. The molecular formula is C61H96N6O15. The molecule has 6 atom stereocenters. The molecule has 3 aromatic rings. The molecule has 4 unspecified atom stereocenters. The first kappa shape index (κ1) is 76.8. The van der Waals surface area contributed by atoms with Crippen molar-refractivity contribution in [3.8, 4) is 11.5 Å². The number of anilines is 2. The highest BCUT2D eigenvalue weighted by Crippen LogP contribution is 2.33. The van der Waals surface area contributed by atoms with Gasteiger partial charge in [-0.25, -0.2) is 14.4 Å². The number of aliphatic hydroxyl groups excluding tert-OH is 1. The Hall–Kier alpha value is -7.31. The third-order valence-electron chi connectivity index (χ3n) is 12.7. The fraction of sp³-hybridized carbons (Fsp3) is 0.590. The van der Waals surface area contributed by atoms with Crippen molar-refractivity contribution in [3.63, 3.8) is 0 Å². The van der Waals surface area contributed by atoms with Crippen LogP contribution in [0.3, 0.4) is 0 Å². The van der Waals surface area contributed by atoms with E-state index < -0.39 is 47.5 Å². The predicted molar refractivity (Wildman–Crippen MR) is 313 cm³/mol. The summed E-state index contributed by atoms with van der Waals surface area (Å²) in [5.74, 6) is -0.631. The molecule has 0 bridgehead atoms. The van der Waals surface area contributed by atoms with Crippen LogP contribution in [0.1, 0.15) is 154 Å². The van der Waals surface area contributed by atoms with Crippen LogP contribution in [-0.2, 0) is 62.4 Å². The SMILES string of the molecule is CC(C)C(N)C(=O)Nc1cc(C[C@@H](CC(C)C(C)(C)C)NC(=O)OC(C)(C)C)ccc1O.CC(C)C(NC(=O)OCc1ccccc1)C(=O)Nc1cc(C[C@@H](CC(C)C(C)(C)C)NC(=O)OC(C)(C)C)ccc1O.CO.O=C=O.O=C=O. The topological polar surface area (TPSA) is 328 Å². The number of hydrogen-bond acceptors (Lipinski definition) is 16. The van der Waals surface area contributed by atoms with Gasteiger partial charge in [0.15, 0.2) is 0 Å². The summed E-state index contributed by atoms with van der Waals surface area (Å²) in [5.41, 5.74) is 7.84. The highest BCUT2D eigenvalue weighted by atomic mass is 16.6. The van der Waals surface area contributed by atoms with Crippen LogP contribution < -0.4 is 32.3 Å². The second-order valence-electron chi connectivity index (χ2n) is 24.6. The molecular weight excluding hydrogens is 1060 g/mol. The Morgan fingerprint density at radius 3 is 1.22 bits per heavy atom. The van der Waals surface area contributed by atoms with Gasteiger partial charge in [0.05, 0.1) is 17.4 Å². The molecule has 3 rings (SSSR count). The zero-order valence-electron chi connectivity index (χ0n) is 51.8. The quantitative estimate of drug-likeness (QED) is 0.0398. The first-order chi connectivity index (χ1) is 37.8. The molecule has 0 aliphatic carbocycles. The van der Waals surface area contributed by atoms with Crippen LogP contribution in [0.5, 0.6) is 11.5 Å². The molecule has 0 saturated heterocycles. The summed E-state index contributed by atoms with van der Waals surface area (Å²) in [4.78, 5) is 95.6. The lowest BCUT2D eigenvalue weighted by Crippen LogP contribution is -2.47. The highest BCUT2D eigenvalue weighted by molar-refractivity contribution is 5.98. The fourth-order valence-corrected chi connectivity index (χ4v) is 7.24. The van der Waals surface area contributed by atoms with Crippen molar-refractivity contribution < 1.29 is 72.7 Å². The van der Waals surface area contributed by atoms with E-state index in [2.05, 4.69) is 82.0 Å². The standard InChI is InChI=1S/C33H49N3O6.C25H43N3O4.2CO2.CH4O/c1-21(2)28(36-30(39)41-20-23-13-11-10-12-14-23)29(38)35-26-19-24(15-16-27(26)37)18-25(17-22(3)32(4,5)6)34-31(40)42-33(7,8)9;1-15(2)21(26)22(30)28-19-14-17(10-11-20(19)29)13-18(12-16(3)24(4,5)6)27-23(31)32-25(7,8)9;2*2-1-3;1-2/h10-16,19,21-22,25,28,37H,17-18,20H2,1-9H3,(H,34,40)(H,35,38)(H,36,39);10-11,14-16,18,21,29H,12-13,26H2,1-9H3,(H,27,31)(H,28,30);;;2H,1H3/t22?,25-,28?;16?,18-,21?;;;/m11.../s1. The maximum atomic E-state index is 13.2. The Bertz CT molecular complexity index is 2470. The zero-order valence-corrected chi connectivity index (χ0v) is 51.8. The third kappa shape index (κ3) is 33.4. The summed E-state index contributed by atoms with van der Waals surface area (Å²) in [6, 6.07) is 17.3. The second-order valence-corrected chi connectivity index (χ2v) is 24.6. The number of nitrogens with two attached hydrogens (primary N) is 1. The minimum absolute atomic E-state index is 0.0263. The summed E-state index contributed by atoms with van der Waals surface area (Å²) in [5, 5.41) is 41.9. The van der Waals surface area contributed by atoms with E-state index in [9.17, 15) is 34.2 Å². The van der Waals surface area contributed by atoms with E-state index in [0.717, 1.165) is 30.2 Å². The van der Waals surface area contributed by atoms with Gasteiger partial charge in [-0.2, -0.15) is 19.2 Å². The molecule has 0 heterocycles. The lowest BCUT2D eigenvalue weighted by molar-refractivity contribution is -0.193. The average molecular weight is 1150 g/mol. The first-order valence-corrected chi connectivity index (χ1v) is 27.2. The van der Waals surface area contributed by atoms with Crippen molar-refractivity contribution in [2.45, 2.75) is 192 Å². The maximum Gasteiger partial charge on any atom is 0.408 e. The maximum absolute atomic E-state index is 13.2. The monoisotopic (exact) mass is 1150 g/mol. The van der Waals surface area contributed by atoms with Gasteiger partial charge < -0.3 is 61.8 Å². The van der Waals surface area contributed by atoms with Crippen molar-refractivity contribution in [1.82, 2.24) is 16.0 Å². The van der Waals surface area contributed by atoms with Gasteiger partial charge in [0.1, 0.15) is 35.3 Å². The number of aliphatic hydroxyl groups is 1. The zero-order chi connectivity index (χ0) is 63.9. The van der Waals surface area contributed by atoms with E-state index in [4.69, 9.17) is 44.2 Å². The van der Waals surface area contributed by atoms with Crippen LogP contribution in [0.4, 0.5) is 25.8 Å². The minimum Gasteiger partial charge on any atom is -0.506 e. The number of phenolic OH excluding ortho intramolecular Hbond substituents is 2. The molecule has 21 heteroatoms. The number of carbonyl (C=O) groups excluding carboxylic acids is 9. The minimum atomic E-state index is -0.898. The summed E-state index contributed by atoms with van der Waals surface area (Å²) in [7, 11) is 1.00. The van der Waals surface area contributed by atoms with Crippen molar-refractivity contribution in [1.29, 1.82) is 0 Å². The van der Waals surface area contributed by atoms with Crippen molar-refractivity contribution in [2.24, 2.45) is 40.2 Å². The van der Waals surface area contributed by atoms with Crippen molar-refractivity contribution in [3.05, 3.63) is 83.4 Å². The molecule has 0 fully saturated rings. The number of aromatic hydroxyl groups is 2. The fourth-order valence-electron chi connectivity index (χ4n) is 7.24. The van der Waals surface area contributed by atoms with Gasteiger partial charge in [0.25, 0.3) is 0 Å². The molecule has 0 aliphatic rings. The Morgan fingerprint density at radius 2 is 0.890 bits per heavy atom. The molecule has 0 aromatic heterocycles. The first-order valence-electron chi connectivity index (χ1n) is 27.2. The number of nitrogens with one attached hydrogen (secondary N) is 5. The normalized spacial score (nSPS) is 13.3. The van der Waals surface area contributed by atoms with Gasteiger partial charge in [0.2, 0.25) is 11.8 Å². The summed E-state index contributed by atoms with van der Waals surface area (Å²) in [6.07, 6.45) is 1.28. The molecule has 10 N–H and O–H groups in total. The molecule has 0 radical (unpaired) electrons. The molecule has 0 saturated carbocycles. The number of hydrogen-bond donors (Lipinski definition) is 9. The number of ether oxygens (including phenoxy) is 3. The number of amides is 5. The van der Waals surface area contributed by atoms with Gasteiger partial charge in [-0.15, -0.1) is 0 Å². The number of carbonyl (C=O) groups is 5. The summed E-state index contributed by atoms with van der Waals surface area (Å²) >= 11 is 0. The molecule has 5 amide bonds. The van der Waals surface area contributed by atoms with Gasteiger partial charge >= 0.3 is 30.6 Å². The largest absolute Gasteiger partial charge is 0.506 e. The third-order valence-corrected chi connectivity index (χ3v) is 12.7. The Morgan fingerprint density at radius 1 is 0.524 bits per heavy atom. The van der Waals surface area contributed by atoms with Crippen molar-refractivity contribution >= 4 is 53.8 Å². The number of phenols is 2. The van der Waals surface area contributed by atoms with Gasteiger partial charge in [0, 0.05) is 19.2 Å². The highest BCUT2D eigenvalue weighted by Gasteiger charge is 2.30. The van der Waals surface area contributed by atoms with Crippen LogP contribution in [0, 0.1) is 34.5 Å². The van der Waals surface area contributed by atoms with Crippen LogP contribution >= 0.6 is 0 Å².